The van der Waals surface area contributed by atoms with E-state index in [0.717, 1.165) is 37.3 Å². The molecule has 4 heteroatoms. The molecule has 1 aliphatic carbocycles. The minimum absolute atomic E-state index is 0.0692. The second-order valence-corrected chi connectivity index (χ2v) is 7.35. The molecule has 2 aliphatic rings. The molecule has 0 spiro atoms. The first-order valence-corrected chi connectivity index (χ1v) is 8.85. The van der Waals surface area contributed by atoms with E-state index in [2.05, 4.69) is 37.2 Å². The van der Waals surface area contributed by atoms with E-state index in [1.54, 1.807) is 0 Å². The maximum atomic E-state index is 13.0. The molecule has 2 aromatic rings. The van der Waals surface area contributed by atoms with E-state index in [1.807, 2.05) is 17.9 Å². The van der Waals surface area contributed by atoms with Crippen LogP contribution in [0, 0.1) is 26.7 Å². The van der Waals surface area contributed by atoms with Crippen LogP contribution in [0.15, 0.2) is 28.8 Å². The topological polar surface area (TPSA) is 46.3 Å². The van der Waals surface area contributed by atoms with Crippen molar-refractivity contribution in [2.45, 2.75) is 52.0 Å². The lowest BCUT2D eigenvalue weighted by Gasteiger charge is -2.23. The highest BCUT2D eigenvalue weighted by Gasteiger charge is 2.48. The number of amides is 1. The van der Waals surface area contributed by atoms with Gasteiger partial charge in [0.15, 0.2) is 5.76 Å². The zero-order valence-corrected chi connectivity index (χ0v) is 14.6. The van der Waals surface area contributed by atoms with Gasteiger partial charge < -0.3 is 9.42 Å². The molecule has 0 bridgehead atoms. The number of carbonyl (C=O) groups is 1. The Morgan fingerprint density at radius 3 is 2.75 bits per heavy atom. The van der Waals surface area contributed by atoms with Crippen LogP contribution < -0.4 is 0 Å². The molecule has 0 N–H and O–H groups in total. The number of hydrogen-bond acceptors (Lipinski definition) is 3. The van der Waals surface area contributed by atoms with E-state index in [9.17, 15) is 4.79 Å². The van der Waals surface area contributed by atoms with Gasteiger partial charge in [0, 0.05) is 18.5 Å². The predicted molar refractivity (Wildman–Crippen MR) is 91.7 cm³/mol. The zero-order valence-electron chi connectivity index (χ0n) is 14.6. The number of likely N-dealkylation sites (tertiary alicyclic amines) is 1. The fraction of sp³-hybridized carbons (Fsp3) is 0.500. The molecule has 2 fully saturated rings. The first-order valence-electron chi connectivity index (χ1n) is 8.85. The van der Waals surface area contributed by atoms with Crippen LogP contribution in [0.5, 0.6) is 0 Å². The third-order valence-electron chi connectivity index (χ3n) is 5.58. The van der Waals surface area contributed by atoms with E-state index >= 15 is 0 Å². The highest BCUT2D eigenvalue weighted by atomic mass is 16.5. The van der Waals surface area contributed by atoms with Crippen molar-refractivity contribution in [2.75, 3.05) is 6.54 Å². The van der Waals surface area contributed by atoms with E-state index in [1.165, 1.54) is 16.7 Å². The smallest absolute Gasteiger partial charge is 0.226 e. The van der Waals surface area contributed by atoms with Gasteiger partial charge >= 0.3 is 0 Å². The van der Waals surface area contributed by atoms with Crippen molar-refractivity contribution in [2.24, 2.45) is 5.92 Å². The van der Waals surface area contributed by atoms with Gasteiger partial charge in [-0.2, -0.15) is 0 Å². The molecule has 0 radical (unpaired) electrons. The van der Waals surface area contributed by atoms with Gasteiger partial charge in [0.1, 0.15) is 0 Å². The Labute approximate surface area is 142 Å². The standard InChI is InChI=1S/C20H24N2O2/c1-12-6-7-15(9-13(12)2)16-11-17(16)20(23)22-8-4-5-18(22)19-10-14(3)21-24-19/h6-7,9-10,16-18H,4-5,8,11H2,1-3H3/t16-,17-,18-/m0/s1. The molecule has 1 saturated heterocycles. The fourth-order valence-electron chi connectivity index (χ4n) is 3.91. The Morgan fingerprint density at radius 2 is 2.04 bits per heavy atom. The molecule has 4 rings (SSSR count). The van der Waals surface area contributed by atoms with Gasteiger partial charge in [0.2, 0.25) is 5.91 Å². The van der Waals surface area contributed by atoms with Crippen LogP contribution >= 0.6 is 0 Å². The summed E-state index contributed by atoms with van der Waals surface area (Å²) >= 11 is 0. The molecule has 0 unspecified atom stereocenters. The van der Waals surface area contributed by atoms with Gasteiger partial charge in [-0.05, 0) is 62.6 Å². The number of aromatic nitrogens is 1. The van der Waals surface area contributed by atoms with Crippen molar-refractivity contribution in [1.29, 1.82) is 0 Å². The van der Waals surface area contributed by atoms with Crippen LogP contribution in [0.4, 0.5) is 0 Å². The van der Waals surface area contributed by atoms with Gasteiger partial charge in [-0.15, -0.1) is 0 Å². The Balaban J connectivity index is 1.49. The first kappa shape index (κ1) is 15.4. The van der Waals surface area contributed by atoms with Crippen LogP contribution in [-0.2, 0) is 4.79 Å². The lowest BCUT2D eigenvalue weighted by atomic mass is 10.0. The molecule has 1 aliphatic heterocycles. The minimum Gasteiger partial charge on any atom is -0.359 e. The average Bonchev–Trinajstić information content (AvgIpc) is 2.99. The van der Waals surface area contributed by atoms with Crippen LogP contribution in [-0.4, -0.2) is 22.5 Å². The second-order valence-electron chi connectivity index (χ2n) is 7.35. The molecule has 126 valence electrons. The summed E-state index contributed by atoms with van der Waals surface area (Å²) in [4.78, 5) is 15.0. The van der Waals surface area contributed by atoms with Gasteiger partial charge in [-0.1, -0.05) is 23.4 Å². The maximum Gasteiger partial charge on any atom is 0.226 e. The van der Waals surface area contributed by atoms with E-state index in [-0.39, 0.29) is 17.9 Å². The van der Waals surface area contributed by atoms with Crippen molar-refractivity contribution in [3.63, 3.8) is 0 Å². The number of carbonyl (C=O) groups excluding carboxylic acids is 1. The molecular weight excluding hydrogens is 300 g/mol. The molecule has 1 saturated carbocycles. The number of nitrogens with zero attached hydrogens (tertiary/aromatic N) is 2. The summed E-state index contributed by atoms with van der Waals surface area (Å²) in [5.41, 5.74) is 4.80. The fourth-order valence-corrected chi connectivity index (χ4v) is 3.91. The Morgan fingerprint density at radius 1 is 1.21 bits per heavy atom. The molecular formula is C20H24N2O2. The summed E-state index contributed by atoms with van der Waals surface area (Å²) in [6, 6.07) is 8.63. The quantitative estimate of drug-likeness (QED) is 0.855. The van der Waals surface area contributed by atoms with E-state index in [0.29, 0.717) is 5.92 Å². The van der Waals surface area contributed by atoms with Gasteiger partial charge in [0.05, 0.1) is 11.7 Å². The summed E-state index contributed by atoms with van der Waals surface area (Å²) in [7, 11) is 0. The third kappa shape index (κ3) is 2.64. The predicted octanol–water partition coefficient (Wildman–Crippen LogP) is 4.07. The van der Waals surface area contributed by atoms with Crippen LogP contribution in [0.3, 0.4) is 0 Å². The van der Waals surface area contributed by atoms with Crippen molar-refractivity contribution in [3.8, 4) is 0 Å². The molecule has 1 aromatic carbocycles. The van der Waals surface area contributed by atoms with Crippen molar-refractivity contribution in [3.05, 3.63) is 52.4 Å². The minimum atomic E-state index is 0.0692. The number of aryl methyl sites for hydroxylation is 3. The van der Waals surface area contributed by atoms with Crippen molar-refractivity contribution < 1.29 is 9.32 Å². The van der Waals surface area contributed by atoms with Crippen LogP contribution in [0.25, 0.3) is 0 Å². The van der Waals surface area contributed by atoms with Crippen molar-refractivity contribution >= 4 is 5.91 Å². The Bertz CT molecular complexity index is 780. The summed E-state index contributed by atoms with van der Waals surface area (Å²) in [5.74, 6) is 1.64. The summed E-state index contributed by atoms with van der Waals surface area (Å²) in [6.07, 6.45) is 2.98. The largest absolute Gasteiger partial charge is 0.359 e. The number of benzene rings is 1. The third-order valence-corrected chi connectivity index (χ3v) is 5.58. The highest BCUT2D eigenvalue weighted by Crippen LogP contribution is 2.50. The molecule has 1 amide bonds. The Kier molecular flexibility index (Phi) is 3.70. The maximum absolute atomic E-state index is 13.0. The second kappa shape index (κ2) is 5.76. The first-order chi connectivity index (χ1) is 11.5. The highest BCUT2D eigenvalue weighted by molar-refractivity contribution is 5.83. The molecule has 3 atom stereocenters. The van der Waals surface area contributed by atoms with Crippen LogP contribution in [0.1, 0.15) is 59.4 Å². The van der Waals surface area contributed by atoms with E-state index in [4.69, 9.17) is 4.52 Å². The lowest BCUT2D eigenvalue weighted by molar-refractivity contribution is -0.134. The summed E-state index contributed by atoms with van der Waals surface area (Å²) < 4.78 is 5.43. The normalized spacial score (nSPS) is 26.0. The monoisotopic (exact) mass is 324 g/mol. The van der Waals surface area contributed by atoms with E-state index < -0.39 is 0 Å². The zero-order chi connectivity index (χ0) is 16.8. The van der Waals surface area contributed by atoms with Gasteiger partial charge in [-0.3, -0.25) is 4.79 Å². The average molecular weight is 324 g/mol. The lowest BCUT2D eigenvalue weighted by Crippen LogP contribution is -2.32. The van der Waals surface area contributed by atoms with Gasteiger partial charge in [0.25, 0.3) is 0 Å². The molecule has 1 aromatic heterocycles. The number of hydrogen-bond donors (Lipinski definition) is 0. The van der Waals surface area contributed by atoms with Gasteiger partial charge in [-0.25, -0.2) is 0 Å². The molecule has 4 nitrogen and oxygen atoms in total. The SMILES string of the molecule is Cc1cc([C@@H]2CCCN2C(=O)[C@H]2C[C@H]2c2ccc(C)c(C)c2)on1. The Hall–Kier alpha value is -2.10. The van der Waals surface area contributed by atoms with Crippen LogP contribution in [0.2, 0.25) is 0 Å². The summed E-state index contributed by atoms with van der Waals surface area (Å²) in [6.45, 7) is 7.02. The molecule has 24 heavy (non-hydrogen) atoms. The molecule has 2 heterocycles. The summed E-state index contributed by atoms with van der Waals surface area (Å²) in [5, 5.41) is 3.98. The number of rotatable bonds is 3. The van der Waals surface area contributed by atoms with Crippen molar-refractivity contribution in [1.82, 2.24) is 10.1 Å².